The lowest BCUT2D eigenvalue weighted by Crippen LogP contribution is -2.02. The van der Waals surface area contributed by atoms with E-state index in [1.807, 2.05) is 23.8 Å². The van der Waals surface area contributed by atoms with Crippen LogP contribution in [0.25, 0.3) is 16.9 Å². The molecule has 4 rings (SSSR count). The second-order valence-corrected chi connectivity index (χ2v) is 5.47. The molecule has 0 unspecified atom stereocenters. The lowest BCUT2D eigenvalue weighted by Gasteiger charge is -2.08. The lowest BCUT2D eigenvalue weighted by molar-refractivity contribution is 0.911. The lowest BCUT2D eigenvalue weighted by atomic mass is 10.1. The molecule has 2 N–H and O–H groups in total. The number of hydrogen-bond acceptors (Lipinski definition) is 3. The van der Waals surface area contributed by atoms with Crippen LogP contribution in [0.2, 0.25) is 0 Å². The highest BCUT2D eigenvalue weighted by Gasteiger charge is 2.15. The van der Waals surface area contributed by atoms with E-state index in [-0.39, 0.29) is 0 Å². The van der Waals surface area contributed by atoms with Gasteiger partial charge in [0.15, 0.2) is 5.65 Å². The molecular weight excluding hydrogens is 248 g/mol. The van der Waals surface area contributed by atoms with Gasteiger partial charge in [0.25, 0.3) is 0 Å². The van der Waals surface area contributed by atoms with E-state index in [1.165, 1.54) is 24.0 Å². The van der Waals surface area contributed by atoms with Crippen LogP contribution in [-0.2, 0) is 12.8 Å². The van der Waals surface area contributed by atoms with E-state index in [2.05, 4.69) is 28.2 Å². The van der Waals surface area contributed by atoms with E-state index in [4.69, 9.17) is 5.73 Å². The van der Waals surface area contributed by atoms with Gasteiger partial charge in [-0.25, -0.2) is 9.97 Å². The van der Waals surface area contributed by atoms with E-state index in [0.717, 1.165) is 28.8 Å². The predicted octanol–water partition coefficient (Wildman–Crippen LogP) is 2.80. The largest absolute Gasteiger partial charge is 0.369 e. The minimum Gasteiger partial charge on any atom is -0.369 e. The first-order valence-electron chi connectivity index (χ1n) is 6.95. The van der Waals surface area contributed by atoms with Crippen molar-refractivity contribution in [3.8, 4) is 5.69 Å². The highest BCUT2D eigenvalue weighted by molar-refractivity contribution is 5.77. The average Bonchev–Trinajstić information content (AvgIpc) is 3.00. The van der Waals surface area contributed by atoms with Crippen molar-refractivity contribution in [2.24, 2.45) is 0 Å². The van der Waals surface area contributed by atoms with Gasteiger partial charge in [-0.05, 0) is 61.1 Å². The summed E-state index contributed by atoms with van der Waals surface area (Å²) < 4.78 is 1.94. The number of nitrogens with zero attached hydrogens (tertiary/aromatic N) is 3. The number of nitrogen functional groups attached to an aromatic ring is 1. The van der Waals surface area contributed by atoms with Gasteiger partial charge >= 0.3 is 0 Å². The normalized spacial score (nSPS) is 13.8. The molecule has 2 aromatic heterocycles. The molecule has 1 aliphatic carbocycles. The molecular formula is C16H16N4. The maximum Gasteiger partial charge on any atom is 0.207 e. The summed E-state index contributed by atoms with van der Waals surface area (Å²) in [7, 11) is 0. The number of aryl methyl sites for hydroxylation is 3. The van der Waals surface area contributed by atoms with Crippen molar-refractivity contribution in [3.63, 3.8) is 0 Å². The third-order valence-corrected chi connectivity index (χ3v) is 4.00. The highest BCUT2D eigenvalue weighted by atomic mass is 15.2. The summed E-state index contributed by atoms with van der Waals surface area (Å²) in [6, 6.07) is 8.56. The molecule has 0 radical (unpaired) electrons. The molecule has 0 saturated carbocycles. The molecule has 20 heavy (non-hydrogen) atoms. The highest BCUT2D eigenvalue weighted by Crippen LogP contribution is 2.27. The Morgan fingerprint density at radius 1 is 1.15 bits per heavy atom. The number of fused-ring (bicyclic) bond motifs is 2. The van der Waals surface area contributed by atoms with Gasteiger partial charge in [0.05, 0.1) is 5.69 Å². The van der Waals surface area contributed by atoms with Crippen LogP contribution in [0, 0.1) is 6.92 Å². The van der Waals surface area contributed by atoms with Gasteiger partial charge in [-0.15, -0.1) is 0 Å². The smallest absolute Gasteiger partial charge is 0.207 e. The second kappa shape index (κ2) is 4.07. The van der Waals surface area contributed by atoms with Gasteiger partial charge in [-0.2, -0.15) is 0 Å². The third-order valence-electron chi connectivity index (χ3n) is 4.00. The molecule has 4 heteroatoms. The number of aromatic nitrogens is 3. The van der Waals surface area contributed by atoms with Gasteiger partial charge in [0.1, 0.15) is 5.52 Å². The molecule has 100 valence electrons. The van der Waals surface area contributed by atoms with Crippen molar-refractivity contribution in [2.75, 3.05) is 5.73 Å². The summed E-state index contributed by atoms with van der Waals surface area (Å²) in [5, 5.41) is 0. The van der Waals surface area contributed by atoms with Crippen molar-refractivity contribution in [3.05, 3.63) is 47.2 Å². The molecule has 0 atom stereocenters. The molecule has 0 aliphatic heterocycles. The van der Waals surface area contributed by atoms with Crippen molar-refractivity contribution in [2.45, 2.75) is 26.2 Å². The van der Waals surface area contributed by atoms with Crippen molar-refractivity contribution in [1.82, 2.24) is 14.5 Å². The Hall–Kier alpha value is -2.36. The molecule has 3 aromatic rings. The van der Waals surface area contributed by atoms with Gasteiger partial charge in [0, 0.05) is 6.20 Å². The Labute approximate surface area is 117 Å². The van der Waals surface area contributed by atoms with Crippen molar-refractivity contribution in [1.29, 1.82) is 0 Å². The van der Waals surface area contributed by atoms with Crippen LogP contribution < -0.4 is 5.73 Å². The van der Waals surface area contributed by atoms with Crippen molar-refractivity contribution < 1.29 is 0 Å². The number of benzene rings is 1. The Bertz CT molecular complexity index is 817. The van der Waals surface area contributed by atoms with Gasteiger partial charge < -0.3 is 5.73 Å². The fourth-order valence-corrected chi connectivity index (χ4v) is 3.03. The molecule has 0 spiro atoms. The minimum atomic E-state index is 0.496. The van der Waals surface area contributed by atoms with Gasteiger partial charge in [0.2, 0.25) is 5.95 Å². The van der Waals surface area contributed by atoms with E-state index >= 15 is 0 Å². The van der Waals surface area contributed by atoms with E-state index in [0.29, 0.717) is 5.95 Å². The fourth-order valence-electron chi connectivity index (χ4n) is 3.03. The first-order chi connectivity index (χ1) is 9.72. The second-order valence-electron chi connectivity index (χ2n) is 5.47. The van der Waals surface area contributed by atoms with Crippen LogP contribution in [0.3, 0.4) is 0 Å². The Morgan fingerprint density at radius 2 is 2.00 bits per heavy atom. The Kier molecular flexibility index (Phi) is 2.33. The number of imidazole rings is 1. The van der Waals surface area contributed by atoms with E-state index in [1.54, 1.807) is 0 Å². The summed E-state index contributed by atoms with van der Waals surface area (Å²) in [5.74, 6) is 0.496. The summed E-state index contributed by atoms with van der Waals surface area (Å²) in [6.45, 7) is 2.01. The SMILES string of the molecule is Cc1cnc2c(c1)nc(N)n2-c1ccc2c(c1)CCC2. The van der Waals surface area contributed by atoms with E-state index < -0.39 is 0 Å². The van der Waals surface area contributed by atoms with E-state index in [9.17, 15) is 0 Å². The molecule has 0 amide bonds. The molecule has 0 bridgehead atoms. The van der Waals surface area contributed by atoms with Crippen LogP contribution in [0.5, 0.6) is 0 Å². The van der Waals surface area contributed by atoms with Crippen LogP contribution in [0.15, 0.2) is 30.5 Å². The zero-order chi connectivity index (χ0) is 13.7. The molecule has 0 fully saturated rings. The number of anilines is 1. The summed E-state index contributed by atoms with van der Waals surface area (Å²) in [5.41, 5.74) is 12.8. The number of pyridine rings is 1. The van der Waals surface area contributed by atoms with Gasteiger partial charge in [-0.1, -0.05) is 6.07 Å². The summed E-state index contributed by atoms with van der Waals surface area (Å²) in [6.07, 6.45) is 5.44. The molecule has 2 heterocycles. The fraction of sp³-hybridized carbons (Fsp3) is 0.250. The monoisotopic (exact) mass is 264 g/mol. The first-order valence-corrected chi connectivity index (χ1v) is 6.95. The van der Waals surface area contributed by atoms with Crippen LogP contribution in [-0.4, -0.2) is 14.5 Å². The standard InChI is InChI=1S/C16H16N4/c1-10-7-14-15(18-9-10)20(16(17)19-14)13-6-5-11-3-2-4-12(11)8-13/h5-9H,2-4H2,1H3,(H2,17,19). The van der Waals surface area contributed by atoms with Crippen LogP contribution in [0.4, 0.5) is 5.95 Å². The maximum absolute atomic E-state index is 6.09. The summed E-state index contributed by atoms with van der Waals surface area (Å²) in [4.78, 5) is 8.91. The van der Waals surface area contributed by atoms with Crippen LogP contribution >= 0.6 is 0 Å². The zero-order valence-corrected chi connectivity index (χ0v) is 11.4. The molecule has 4 nitrogen and oxygen atoms in total. The third kappa shape index (κ3) is 1.61. The van der Waals surface area contributed by atoms with Gasteiger partial charge in [-0.3, -0.25) is 4.57 Å². The molecule has 0 saturated heterocycles. The Balaban J connectivity index is 1.96. The number of nitrogens with two attached hydrogens (primary N) is 1. The topological polar surface area (TPSA) is 56.7 Å². The van der Waals surface area contributed by atoms with Crippen LogP contribution in [0.1, 0.15) is 23.1 Å². The quantitative estimate of drug-likeness (QED) is 0.735. The molecule has 1 aliphatic rings. The maximum atomic E-state index is 6.09. The first kappa shape index (κ1) is 11.5. The predicted molar refractivity (Wildman–Crippen MR) is 80.0 cm³/mol. The zero-order valence-electron chi connectivity index (χ0n) is 11.4. The van der Waals surface area contributed by atoms with Crippen molar-refractivity contribution >= 4 is 17.1 Å². The average molecular weight is 264 g/mol. The summed E-state index contributed by atoms with van der Waals surface area (Å²) >= 11 is 0. The molecule has 1 aromatic carbocycles. The number of rotatable bonds is 1. The minimum absolute atomic E-state index is 0.496. The Morgan fingerprint density at radius 3 is 2.90 bits per heavy atom. The number of hydrogen-bond donors (Lipinski definition) is 1.